The fraction of sp³-hybridized carbons (Fsp3) is 0.278. The summed E-state index contributed by atoms with van der Waals surface area (Å²) in [4.78, 5) is 14.1. The van der Waals surface area contributed by atoms with Gasteiger partial charge >= 0.3 is 0 Å². The van der Waals surface area contributed by atoms with E-state index in [9.17, 15) is 4.79 Å². The molecule has 3 nitrogen and oxygen atoms in total. The third-order valence-electron chi connectivity index (χ3n) is 3.28. The van der Waals surface area contributed by atoms with Crippen LogP contribution in [0, 0.1) is 0 Å². The van der Waals surface area contributed by atoms with Gasteiger partial charge in [0.15, 0.2) is 0 Å². The lowest BCUT2D eigenvalue weighted by atomic mass is 10.2. The van der Waals surface area contributed by atoms with Crippen LogP contribution in [0.4, 0.5) is 0 Å². The summed E-state index contributed by atoms with van der Waals surface area (Å²) in [6.07, 6.45) is 0.398. The van der Waals surface area contributed by atoms with Gasteiger partial charge in [-0.25, -0.2) is 0 Å². The van der Waals surface area contributed by atoms with Gasteiger partial charge in [0.05, 0.1) is 13.0 Å². The van der Waals surface area contributed by atoms with Gasteiger partial charge in [-0.05, 0) is 24.6 Å². The molecule has 0 bridgehead atoms. The van der Waals surface area contributed by atoms with Crippen molar-refractivity contribution in [3.63, 3.8) is 0 Å². The molecule has 0 atom stereocenters. The maximum Gasteiger partial charge on any atom is 0.226 e. The Morgan fingerprint density at radius 2 is 1.62 bits per heavy atom. The highest BCUT2D eigenvalue weighted by Gasteiger charge is 2.12. The maximum absolute atomic E-state index is 12.2. The molecule has 0 saturated carbocycles. The van der Waals surface area contributed by atoms with Gasteiger partial charge in [-0.1, -0.05) is 48.5 Å². The molecule has 2 aromatic rings. The second-order valence-electron chi connectivity index (χ2n) is 4.81. The first-order valence-corrected chi connectivity index (χ1v) is 7.29. The lowest BCUT2D eigenvalue weighted by molar-refractivity contribution is -0.132. The lowest BCUT2D eigenvalue weighted by Gasteiger charge is -2.21. The van der Waals surface area contributed by atoms with Crippen LogP contribution in [0.3, 0.4) is 0 Å². The number of nitrogens with zero attached hydrogens (tertiary/aromatic N) is 1. The van der Waals surface area contributed by atoms with Crippen LogP contribution in [-0.2, 0) is 11.3 Å². The highest BCUT2D eigenvalue weighted by molar-refractivity contribution is 5.76. The topological polar surface area (TPSA) is 29.5 Å². The molecule has 1 amide bonds. The quantitative estimate of drug-likeness (QED) is 0.778. The summed E-state index contributed by atoms with van der Waals surface area (Å²) in [5.41, 5.74) is 1.15. The molecule has 0 heterocycles. The van der Waals surface area contributed by atoms with Gasteiger partial charge in [-0.15, -0.1) is 0 Å². The van der Waals surface area contributed by atoms with Crippen molar-refractivity contribution in [1.29, 1.82) is 0 Å². The molecule has 2 aromatic carbocycles. The van der Waals surface area contributed by atoms with Crippen molar-refractivity contribution in [1.82, 2.24) is 4.90 Å². The van der Waals surface area contributed by atoms with Crippen molar-refractivity contribution in [2.45, 2.75) is 19.9 Å². The monoisotopic (exact) mass is 283 g/mol. The second-order valence-corrected chi connectivity index (χ2v) is 4.81. The standard InChI is InChI=1S/C18H21NO2/c1-2-19(15-16-9-5-3-6-10-16)18(20)13-14-21-17-11-7-4-8-12-17/h3-12H,2,13-15H2,1H3. The fourth-order valence-corrected chi connectivity index (χ4v) is 2.11. The Balaban J connectivity index is 1.80. The molecular formula is C18H21NO2. The first kappa shape index (κ1) is 15.1. The van der Waals surface area contributed by atoms with E-state index in [1.807, 2.05) is 72.5 Å². The number of hydrogen-bond acceptors (Lipinski definition) is 2. The summed E-state index contributed by atoms with van der Waals surface area (Å²) >= 11 is 0. The Kier molecular flexibility index (Phi) is 5.83. The third-order valence-corrected chi connectivity index (χ3v) is 3.28. The summed E-state index contributed by atoms with van der Waals surface area (Å²) < 4.78 is 5.57. The van der Waals surface area contributed by atoms with Gasteiger partial charge in [0.25, 0.3) is 0 Å². The maximum atomic E-state index is 12.2. The number of carbonyl (C=O) groups excluding carboxylic acids is 1. The molecule has 0 N–H and O–H groups in total. The smallest absolute Gasteiger partial charge is 0.226 e. The number of amides is 1. The molecule has 0 saturated heterocycles. The number of para-hydroxylation sites is 1. The van der Waals surface area contributed by atoms with E-state index in [4.69, 9.17) is 4.74 Å². The molecule has 3 heteroatoms. The number of ether oxygens (including phenoxy) is 1. The Morgan fingerprint density at radius 3 is 2.24 bits per heavy atom. The molecule has 0 fully saturated rings. The van der Waals surface area contributed by atoms with E-state index in [0.29, 0.717) is 26.1 Å². The van der Waals surface area contributed by atoms with E-state index in [-0.39, 0.29) is 5.91 Å². The first-order valence-electron chi connectivity index (χ1n) is 7.29. The van der Waals surface area contributed by atoms with Crippen molar-refractivity contribution in [2.24, 2.45) is 0 Å². The van der Waals surface area contributed by atoms with Crippen LogP contribution in [0.5, 0.6) is 5.75 Å². The average molecular weight is 283 g/mol. The Hall–Kier alpha value is -2.29. The predicted molar refractivity (Wildman–Crippen MR) is 84.1 cm³/mol. The molecule has 0 aromatic heterocycles. The third kappa shape index (κ3) is 4.95. The zero-order chi connectivity index (χ0) is 14.9. The van der Waals surface area contributed by atoms with E-state index < -0.39 is 0 Å². The minimum absolute atomic E-state index is 0.122. The Labute approximate surface area is 126 Å². The zero-order valence-corrected chi connectivity index (χ0v) is 12.4. The molecule has 0 aliphatic rings. The van der Waals surface area contributed by atoms with Crippen molar-refractivity contribution in [2.75, 3.05) is 13.2 Å². The number of benzene rings is 2. The van der Waals surface area contributed by atoms with Gasteiger partial charge < -0.3 is 9.64 Å². The minimum Gasteiger partial charge on any atom is -0.493 e. The summed E-state index contributed by atoms with van der Waals surface area (Å²) in [7, 11) is 0. The molecular weight excluding hydrogens is 262 g/mol. The van der Waals surface area contributed by atoms with E-state index in [0.717, 1.165) is 11.3 Å². The van der Waals surface area contributed by atoms with E-state index >= 15 is 0 Å². The van der Waals surface area contributed by atoms with Crippen LogP contribution in [0.25, 0.3) is 0 Å². The van der Waals surface area contributed by atoms with Crippen molar-refractivity contribution >= 4 is 5.91 Å². The van der Waals surface area contributed by atoms with Crippen LogP contribution >= 0.6 is 0 Å². The summed E-state index contributed by atoms with van der Waals surface area (Å²) in [6.45, 7) is 3.77. The van der Waals surface area contributed by atoms with Crippen molar-refractivity contribution < 1.29 is 9.53 Å². The van der Waals surface area contributed by atoms with Gasteiger partial charge in [0.2, 0.25) is 5.91 Å². The summed E-state index contributed by atoms with van der Waals surface area (Å²) in [5, 5.41) is 0. The molecule has 0 spiro atoms. The molecule has 0 unspecified atom stereocenters. The largest absolute Gasteiger partial charge is 0.493 e. The molecule has 0 radical (unpaired) electrons. The fourth-order valence-electron chi connectivity index (χ4n) is 2.11. The SMILES string of the molecule is CCN(Cc1ccccc1)C(=O)CCOc1ccccc1. The summed E-state index contributed by atoms with van der Waals surface area (Å²) in [6, 6.07) is 19.6. The van der Waals surface area contributed by atoms with Gasteiger partial charge in [-0.3, -0.25) is 4.79 Å². The van der Waals surface area contributed by atoms with Crippen molar-refractivity contribution in [3.8, 4) is 5.75 Å². The van der Waals surface area contributed by atoms with E-state index in [2.05, 4.69) is 0 Å². The summed E-state index contributed by atoms with van der Waals surface area (Å²) in [5.74, 6) is 0.925. The molecule has 0 aliphatic carbocycles. The normalized spacial score (nSPS) is 10.1. The highest BCUT2D eigenvalue weighted by Crippen LogP contribution is 2.10. The Bertz CT molecular complexity index is 540. The van der Waals surface area contributed by atoms with Crippen LogP contribution in [0.1, 0.15) is 18.9 Å². The molecule has 110 valence electrons. The molecule has 21 heavy (non-hydrogen) atoms. The molecule has 2 rings (SSSR count). The van der Waals surface area contributed by atoms with Crippen LogP contribution in [-0.4, -0.2) is 24.0 Å². The van der Waals surface area contributed by atoms with Crippen LogP contribution in [0.15, 0.2) is 60.7 Å². The highest BCUT2D eigenvalue weighted by atomic mass is 16.5. The average Bonchev–Trinajstić information content (AvgIpc) is 2.54. The van der Waals surface area contributed by atoms with Gasteiger partial charge in [0.1, 0.15) is 5.75 Å². The first-order chi connectivity index (χ1) is 10.3. The Morgan fingerprint density at radius 1 is 1.00 bits per heavy atom. The van der Waals surface area contributed by atoms with Crippen LogP contribution in [0.2, 0.25) is 0 Å². The number of carbonyl (C=O) groups is 1. The lowest BCUT2D eigenvalue weighted by Crippen LogP contribution is -2.31. The number of hydrogen-bond donors (Lipinski definition) is 0. The van der Waals surface area contributed by atoms with Gasteiger partial charge in [0, 0.05) is 13.1 Å². The second kappa shape index (κ2) is 8.10. The zero-order valence-electron chi connectivity index (χ0n) is 12.4. The van der Waals surface area contributed by atoms with Crippen molar-refractivity contribution in [3.05, 3.63) is 66.2 Å². The predicted octanol–water partition coefficient (Wildman–Crippen LogP) is 3.50. The van der Waals surface area contributed by atoms with Crippen LogP contribution < -0.4 is 4.74 Å². The van der Waals surface area contributed by atoms with Gasteiger partial charge in [-0.2, -0.15) is 0 Å². The van der Waals surface area contributed by atoms with E-state index in [1.54, 1.807) is 0 Å². The molecule has 0 aliphatic heterocycles. The van der Waals surface area contributed by atoms with E-state index in [1.165, 1.54) is 0 Å². The minimum atomic E-state index is 0.122. The number of rotatable bonds is 7.